The first-order valence-corrected chi connectivity index (χ1v) is 10.9. The molecule has 0 bridgehead atoms. The molecular weight excluding hydrogens is 362 g/mol. The van der Waals surface area contributed by atoms with Crippen molar-refractivity contribution in [3.8, 4) is 0 Å². The zero-order valence-electron chi connectivity index (χ0n) is 15.8. The summed E-state index contributed by atoms with van der Waals surface area (Å²) in [5.74, 6) is 1.66. The number of fused-ring (bicyclic) bond motifs is 3. The van der Waals surface area contributed by atoms with E-state index in [1.165, 1.54) is 29.7 Å². The highest BCUT2D eigenvalue weighted by molar-refractivity contribution is 7.19. The second-order valence-electron chi connectivity index (χ2n) is 7.26. The monoisotopic (exact) mass is 391 g/mol. The Bertz CT molecular complexity index is 769. The molecule has 2 aliphatic rings. The van der Waals surface area contributed by atoms with Crippen molar-refractivity contribution in [1.29, 1.82) is 0 Å². The molecule has 3 heterocycles. The van der Waals surface area contributed by atoms with E-state index in [0.717, 1.165) is 61.0 Å². The molecule has 3 N–H and O–H groups in total. The average molecular weight is 392 g/mol. The van der Waals surface area contributed by atoms with Gasteiger partial charge in [-0.25, -0.2) is 4.98 Å². The van der Waals surface area contributed by atoms with E-state index in [1.54, 1.807) is 0 Å². The summed E-state index contributed by atoms with van der Waals surface area (Å²) < 4.78 is 0. The molecule has 7 nitrogen and oxygen atoms in total. The minimum atomic E-state index is 0.0425. The number of nitrogens with zero attached hydrogens (tertiary/aromatic N) is 4. The molecule has 1 fully saturated rings. The molecule has 0 aromatic carbocycles. The van der Waals surface area contributed by atoms with E-state index < -0.39 is 0 Å². The lowest BCUT2D eigenvalue weighted by Crippen LogP contribution is -2.44. The largest absolute Gasteiger partial charge is 0.395 e. The number of rotatable bonds is 6. The molecule has 4 rings (SSSR count). The maximum absolute atomic E-state index is 9.57. The van der Waals surface area contributed by atoms with Crippen LogP contribution in [0.2, 0.25) is 0 Å². The highest BCUT2D eigenvalue weighted by Crippen LogP contribution is 2.40. The number of nitrogens with one attached hydrogen (secondary N) is 1. The van der Waals surface area contributed by atoms with Gasteiger partial charge >= 0.3 is 0 Å². The Morgan fingerprint density at radius 3 is 2.48 bits per heavy atom. The van der Waals surface area contributed by atoms with Crippen LogP contribution in [0.1, 0.15) is 29.7 Å². The highest BCUT2D eigenvalue weighted by atomic mass is 32.1. The molecule has 8 heteroatoms. The van der Waals surface area contributed by atoms with E-state index in [-0.39, 0.29) is 13.2 Å². The van der Waals surface area contributed by atoms with Crippen LogP contribution in [-0.4, -0.2) is 72.7 Å². The first-order chi connectivity index (χ1) is 13.3. The van der Waals surface area contributed by atoms with E-state index in [1.807, 2.05) is 16.2 Å². The fourth-order valence-corrected chi connectivity index (χ4v) is 5.36. The molecule has 1 aliphatic carbocycles. The van der Waals surface area contributed by atoms with Crippen molar-refractivity contribution in [3.63, 3.8) is 0 Å². The summed E-state index contributed by atoms with van der Waals surface area (Å²) in [6, 6.07) is 0. The minimum Gasteiger partial charge on any atom is -0.395 e. The van der Waals surface area contributed by atoms with E-state index >= 15 is 0 Å². The van der Waals surface area contributed by atoms with Crippen LogP contribution in [0.4, 0.5) is 11.8 Å². The van der Waals surface area contributed by atoms with Crippen LogP contribution in [0.3, 0.4) is 0 Å². The maximum Gasteiger partial charge on any atom is 0.228 e. The number of aromatic nitrogens is 2. The molecule has 0 unspecified atom stereocenters. The Hall–Kier alpha value is -1.48. The standard InChI is InChI=1S/C19H29N5O2S/c25-12-10-23(11-13-26)17-16-14-4-2-1-3-5-15(14)27-18(16)22-19(21-17)24-8-6-20-7-9-24/h20,25-26H,1-13H2. The number of hydrogen-bond donors (Lipinski definition) is 3. The summed E-state index contributed by atoms with van der Waals surface area (Å²) in [7, 11) is 0. The molecule has 0 atom stereocenters. The van der Waals surface area contributed by atoms with Crippen LogP contribution in [-0.2, 0) is 12.8 Å². The molecule has 27 heavy (non-hydrogen) atoms. The van der Waals surface area contributed by atoms with Crippen molar-refractivity contribution in [2.45, 2.75) is 32.1 Å². The fourth-order valence-electron chi connectivity index (χ4n) is 4.10. The van der Waals surface area contributed by atoms with Crippen molar-refractivity contribution in [1.82, 2.24) is 15.3 Å². The molecule has 2 aromatic heterocycles. The Kier molecular flexibility index (Phi) is 6.07. The number of anilines is 2. The van der Waals surface area contributed by atoms with Gasteiger partial charge in [-0.3, -0.25) is 0 Å². The zero-order chi connectivity index (χ0) is 18.6. The number of aliphatic hydroxyl groups is 2. The molecule has 0 saturated carbocycles. The molecule has 1 saturated heterocycles. The van der Waals surface area contributed by atoms with Gasteiger partial charge in [0, 0.05) is 44.1 Å². The lowest BCUT2D eigenvalue weighted by molar-refractivity contribution is 0.281. The van der Waals surface area contributed by atoms with Crippen LogP contribution >= 0.6 is 11.3 Å². The zero-order valence-corrected chi connectivity index (χ0v) is 16.6. The van der Waals surface area contributed by atoms with Gasteiger partial charge in [-0.2, -0.15) is 4.98 Å². The molecule has 2 aromatic rings. The molecular formula is C19H29N5O2S. The SMILES string of the molecule is OCCN(CCO)c1nc(N2CCNCC2)nc2sc3c(c12)CCCCC3. The molecule has 148 valence electrons. The van der Waals surface area contributed by atoms with Crippen LogP contribution in [0.5, 0.6) is 0 Å². The number of aliphatic hydroxyl groups excluding tert-OH is 2. The van der Waals surface area contributed by atoms with Crippen LogP contribution < -0.4 is 15.1 Å². The van der Waals surface area contributed by atoms with Crippen LogP contribution in [0, 0.1) is 0 Å². The summed E-state index contributed by atoms with van der Waals surface area (Å²) >= 11 is 1.81. The van der Waals surface area contributed by atoms with E-state index in [2.05, 4.69) is 10.2 Å². The van der Waals surface area contributed by atoms with Gasteiger partial charge in [-0.15, -0.1) is 11.3 Å². The van der Waals surface area contributed by atoms with Gasteiger partial charge in [0.25, 0.3) is 0 Å². The second-order valence-corrected chi connectivity index (χ2v) is 8.35. The van der Waals surface area contributed by atoms with Crippen LogP contribution in [0.25, 0.3) is 10.2 Å². The normalized spacial score (nSPS) is 17.8. The van der Waals surface area contributed by atoms with Gasteiger partial charge in [0.05, 0.1) is 18.6 Å². The summed E-state index contributed by atoms with van der Waals surface area (Å²) in [6.45, 7) is 4.70. The second kappa shape index (κ2) is 8.68. The number of hydrogen-bond acceptors (Lipinski definition) is 8. The van der Waals surface area contributed by atoms with Crippen molar-refractivity contribution in [2.24, 2.45) is 0 Å². The quantitative estimate of drug-likeness (QED) is 0.637. The molecule has 0 spiro atoms. The van der Waals surface area contributed by atoms with Crippen molar-refractivity contribution in [2.75, 3.05) is 62.3 Å². The number of piperazine rings is 1. The third-order valence-corrected chi connectivity index (χ3v) is 6.66. The predicted octanol–water partition coefficient (Wildman–Crippen LogP) is 1.16. The summed E-state index contributed by atoms with van der Waals surface area (Å²) in [5.41, 5.74) is 1.40. The number of thiophene rings is 1. The van der Waals surface area contributed by atoms with Crippen molar-refractivity contribution < 1.29 is 10.2 Å². The molecule has 0 radical (unpaired) electrons. The van der Waals surface area contributed by atoms with Gasteiger partial charge < -0.3 is 25.3 Å². The van der Waals surface area contributed by atoms with Gasteiger partial charge in [0.2, 0.25) is 5.95 Å². The Morgan fingerprint density at radius 2 is 1.74 bits per heavy atom. The van der Waals surface area contributed by atoms with Crippen LogP contribution in [0.15, 0.2) is 0 Å². The van der Waals surface area contributed by atoms with Gasteiger partial charge in [-0.05, 0) is 31.2 Å². The lowest BCUT2D eigenvalue weighted by atomic mass is 10.1. The predicted molar refractivity (Wildman–Crippen MR) is 110 cm³/mol. The Labute approximate surface area is 164 Å². The van der Waals surface area contributed by atoms with E-state index in [9.17, 15) is 10.2 Å². The Balaban J connectivity index is 1.85. The summed E-state index contributed by atoms with van der Waals surface area (Å²) in [5, 5.41) is 23.7. The van der Waals surface area contributed by atoms with Crippen molar-refractivity contribution in [3.05, 3.63) is 10.4 Å². The fraction of sp³-hybridized carbons (Fsp3) is 0.684. The third-order valence-electron chi connectivity index (χ3n) is 5.47. The average Bonchev–Trinajstić information content (AvgIpc) is 2.89. The van der Waals surface area contributed by atoms with E-state index in [0.29, 0.717) is 13.1 Å². The van der Waals surface area contributed by atoms with E-state index in [4.69, 9.17) is 9.97 Å². The lowest BCUT2D eigenvalue weighted by Gasteiger charge is -2.29. The minimum absolute atomic E-state index is 0.0425. The first-order valence-electron chi connectivity index (χ1n) is 10.1. The topological polar surface area (TPSA) is 84.8 Å². The first kappa shape index (κ1) is 18.9. The summed E-state index contributed by atoms with van der Waals surface area (Å²) in [6.07, 6.45) is 5.92. The number of aryl methyl sites for hydroxylation is 2. The van der Waals surface area contributed by atoms with Gasteiger partial charge in [0.1, 0.15) is 10.6 Å². The Morgan fingerprint density at radius 1 is 1.00 bits per heavy atom. The smallest absolute Gasteiger partial charge is 0.228 e. The maximum atomic E-state index is 9.57. The van der Waals surface area contributed by atoms with Gasteiger partial charge in [0.15, 0.2) is 0 Å². The third kappa shape index (κ3) is 3.89. The van der Waals surface area contributed by atoms with Gasteiger partial charge in [-0.1, -0.05) is 6.42 Å². The highest BCUT2D eigenvalue weighted by Gasteiger charge is 2.25. The van der Waals surface area contributed by atoms with Crippen molar-refractivity contribution >= 4 is 33.3 Å². The summed E-state index contributed by atoms with van der Waals surface area (Å²) in [4.78, 5) is 16.7. The molecule has 1 aliphatic heterocycles. The molecule has 0 amide bonds.